The second-order valence-corrected chi connectivity index (χ2v) is 5.42. The van der Waals surface area contributed by atoms with Crippen molar-refractivity contribution in [3.05, 3.63) is 58.8 Å². The Morgan fingerprint density at radius 1 is 1.14 bits per heavy atom. The van der Waals surface area contributed by atoms with Crippen LogP contribution in [-0.2, 0) is 12.8 Å². The lowest BCUT2D eigenvalue weighted by Gasteiger charge is -2.22. The van der Waals surface area contributed by atoms with Crippen molar-refractivity contribution >= 4 is 11.8 Å². The third kappa shape index (κ3) is 2.89. The zero-order valence-corrected chi connectivity index (χ0v) is 12.0. The van der Waals surface area contributed by atoms with Gasteiger partial charge in [0.1, 0.15) is 5.82 Å². The van der Waals surface area contributed by atoms with Crippen LogP contribution in [0.15, 0.2) is 36.4 Å². The summed E-state index contributed by atoms with van der Waals surface area (Å²) in [5, 5.41) is 9.18. The number of fused-ring (bicyclic) bond motifs is 1. The molecule has 2 aromatic rings. The number of hydrogen-bond donors (Lipinski definition) is 1. The fraction of sp³-hybridized carbons (Fsp3) is 0.294. The molecule has 0 fully saturated rings. The van der Waals surface area contributed by atoms with Gasteiger partial charge in [-0.25, -0.2) is 9.78 Å². The molecular formula is C17H18N2O2. The first-order chi connectivity index (χ1) is 10.1. The van der Waals surface area contributed by atoms with Gasteiger partial charge in [0, 0.05) is 18.8 Å². The molecule has 1 aliphatic heterocycles. The normalized spacial score (nSPS) is 14.4. The molecule has 3 rings (SSSR count). The number of anilines is 1. The lowest BCUT2D eigenvalue weighted by Crippen LogP contribution is -2.27. The van der Waals surface area contributed by atoms with E-state index in [0.717, 1.165) is 37.4 Å². The first kappa shape index (κ1) is 13.6. The Morgan fingerprint density at radius 3 is 2.33 bits per heavy atom. The maximum absolute atomic E-state index is 11.2. The monoisotopic (exact) mass is 282 g/mol. The van der Waals surface area contributed by atoms with Gasteiger partial charge in [0.25, 0.3) is 0 Å². The molecule has 0 spiro atoms. The SMILES string of the molecule is Cc1cc(C(=O)O)cc(N2CCc3ccccc3CC2)n1. The Labute approximate surface area is 124 Å². The Balaban J connectivity index is 1.87. The molecule has 4 nitrogen and oxygen atoms in total. The quantitative estimate of drug-likeness (QED) is 0.920. The summed E-state index contributed by atoms with van der Waals surface area (Å²) in [6.07, 6.45) is 1.93. The van der Waals surface area contributed by atoms with E-state index in [1.807, 2.05) is 6.92 Å². The highest BCUT2D eigenvalue weighted by atomic mass is 16.4. The van der Waals surface area contributed by atoms with Crippen molar-refractivity contribution in [3.63, 3.8) is 0 Å². The average Bonchev–Trinajstić information content (AvgIpc) is 2.69. The van der Waals surface area contributed by atoms with E-state index < -0.39 is 5.97 Å². The number of aromatic nitrogens is 1. The Morgan fingerprint density at radius 2 is 1.76 bits per heavy atom. The van der Waals surface area contributed by atoms with Crippen LogP contribution in [0.4, 0.5) is 5.82 Å². The summed E-state index contributed by atoms with van der Waals surface area (Å²) >= 11 is 0. The van der Waals surface area contributed by atoms with Crippen molar-refractivity contribution in [1.29, 1.82) is 0 Å². The number of nitrogens with zero attached hydrogens (tertiary/aromatic N) is 2. The van der Waals surface area contributed by atoms with Gasteiger partial charge in [-0.15, -0.1) is 0 Å². The second kappa shape index (κ2) is 5.56. The molecular weight excluding hydrogens is 264 g/mol. The van der Waals surface area contributed by atoms with Crippen LogP contribution in [0.3, 0.4) is 0 Å². The highest BCUT2D eigenvalue weighted by Gasteiger charge is 2.16. The average molecular weight is 282 g/mol. The first-order valence-electron chi connectivity index (χ1n) is 7.17. The maximum atomic E-state index is 11.2. The summed E-state index contributed by atoms with van der Waals surface area (Å²) in [5.74, 6) is -0.139. The zero-order chi connectivity index (χ0) is 14.8. The number of carbonyl (C=O) groups is 1. The van der Waals surface area contributed by atoms with Gasteiger partial charge in [0.05, 0.1) is 5.56 Å². The van der Waals surface area contributed by atoms with Crippen molar-refractivity contribution in [2.24, 2.45) is 0 Å². The second-order valence-electron chi connectivity index (χ2n) is 5.42. The van der Waals surface area contributed by atoms with Crippen LogP contribution in [0.25, 0.3) is 0 Å². The van der Waals surface area contributed by atoms with Gasteiger partial charge in [-0.2, -0.15) is 0 Å². The molecule has 0 aliphatic carbocycles. The standard InChI is InChI=1S/C17H18N2O2/c1-12-10-15(17(20)21)11-16(18-12)19-8-6-13-4-2-3-5-14(13)7-9-19/h2-5,10-11H,6-9H2,1H3,(H,20,21). The van der Waals surface area contributed by atoms with E-state index in [2.05, 4.69) is 34.1 Å². The summed E-state index contributed by atoms with van der Waals surface area (Å²) in [6, 6.07) is 11.8. The molecule has 0 saturated carbocycles. The van der Waals surface area contributed by atoms with Crippen LogP contribution in [0, 0.1) is 6.92 Å². The van der Waals surface area contributed by atoms with Gasteiger partial charge in [0.2, 0.25) is 0 Å². The number of carboxylic acids is 1. The Bertz CT molecular complexity index is 655. The van der Waals surface area contributed by atoms with E-state index in [0.29, 0.717) is 5.56 Å². The van der Waals surface area contributed by atoms with Crippen LogP contribution in [0.2, 0.25) is 0 Å². The molecule has 1 aromatic carbocycles. The van der Waals surface area contributed by atoms with Crippen LogP contribution < -0.4 is 4.90 Å². The van der Waals surface area contributed by atoms with Crippen LogP contribution in [0.1, 0.15) is 27.2 Å². The van der Waals surface area contributed by atoms with Gasteiger partial charge in [-0.05, 0) is 43.0 Å². The molecule has 108 valence electrons. The summed E-state index contributed by atoms with van der Waals surface area (Å²) in [5.41, 5.74) is 3.81. The van der Waals surface area contributed by atoms with Gasteiger partial charge in [-0.3, -0.25) is 0 Å². The third-order valence-electron chi connectivity index (χ3n) is 3.93. The number of rotatable bonds is 2. The minimum Gasteiger partial charge on any atom is -0.478 e. The molecule has 1 aliphatic rings. The molecule has 2 heterocycles. The number of benzene rings is 1. The summed E-state index contributed by atoms with van der Waals surface area (Å²) in [7, 11) is 0. The van der Waals surface area contributed by atoms with E-state index in [9.17, 15) is 9.90 Å². The zero-order valence-electron chi connectivity index (χ0n) is 12.0. The number of hydrogen-bond acceptors (Lipinski definition) is 3. The molecule has 0 radical (unpaired) electrons. The number of aromatic carboxylic acids is 1. The lowest BCUT2D eigenvalue weighted by atomic mass is 10.0. The van der Waals surface area contributed by atoms with Crippen molar-refractivity contribution in [2.45, 2.75) is 19.8 Å². The van der Waals surface area contributed by atoms with E-state index in [1.54, 1.807) is 12.1 Å². The van der Waals surface area contributed by atoms with E-state index in [-0.39, 0.29) is 0 Å². The predicted molar refractivity (Wildman–Crippen MR) is 82.0 cm³/mol. The van der Waals surface area contributed by atoms with Gasteiger partial charge < -0.3 is 10.0 Å². The highest BCUT2D eigenvalue weighted by molar-refractivity contribution is 5.88. The Kier molecular flexibility index (Phi) is 3.60. The van der Waals surface area contributed by atoms with Crippen LogP contribution >= 0.6 is 0 Å². The molecule has 0 atom stereocenters. The van der Waals surface area contributed by atoms with Crippen LogP contribution in [-0.4, -0.2) is 29.1 Å². The van der Waals surface area contributed by atoms with Crippen molar-refractivity contribution in [2.75, 3.05) is 18.0 Å². The summed E-state index contributed by atoms with van der Waals surface area (Å²) in [4.78, 5) is 17.9. The van der Waals surface area contributed by atoms with E-state index in [4.69, 9.17) is 0 Å². The van der Waals surface area contributed by atoms with Crippen LogP contribution in [0.5, 0.6) is 0 Å². The fourth-order valence-electron chi connectivity index (χ4n) is 2.83. The molecule has 21 heavy (non-hydrogen) atoms. The molecule has 1 aromatic heterocycles. The highest BCUT2D eigenvalue weighted by Crippen LogP contribution is 2.21. The maximum Gasteiger partial charge on any atom is 0.335 e. The first-order valence-corrected chi connectivity index (χ1v) is 7.17. The molecule has 4 heteroatoms. The molecule has 0 bridgehead atoms. The summed E-state index contributed by atoms with van der Waals surface area (Å²) < 4.78 is 0. The number of carboxylic acid groups (broad SMARTS) is 1. The molecule has 1 N–H and O–H groups in total. The minimum absolute atomic E-state index is 0.305. The predicted octanol–water partition coefficient (Wildman–Crippen LogP) is 2.69. The van der Waals surface area contributed by atoms with Gasteiger partial charge in [0.15, 0.2) is 0 Å². The molecule has 0 unspecified atom stereocenters. The number of pyridine rings is 1. The third-order valence-corrected chi connectivity index (χ3v) is 3.93. The minimum atomic E-state index is -0.903. The summed E-state index contributed by atoms with van der Waals surface area (Å²) in [6.45, 7) is 3.57. The molecule has 0 saturated heterocycles. The smallest absolute Gasteiger partial charge is 0.335 e. The Hall–Kier alpha value is -2.36. The topological polar surface area (TPSA) is 53.4 Å². The molecule has 0 amide bonds. The van der Waals surface area contributed by atoms with Crippen molar-refractivity contribution in [1.82, 2.24) is 4.98 Å². The lowest BCUT2D eigenvalue weighted by molar-refractivity contribution is 0.0696. The van der Waals surface area contributed by atoms with E-state index in [1.165, 1.54) is 11.1 Å². The van der Waals surface area contributed by atoms with Crippen molar-refractivity contribution in [3.8, 4) is 0 Å². The number of aryl methyl sites for hydroxylation is 1. The van der Waals surface area contributed by atoms with E-state index >= 15 is 0 Å². The fourth-order valence-corrected chi connectivity index (χ4v) is 2.83. The van der Waals surface area contributed by atoms with Crippen molar-refractivity contribution < 1.29 is 9.90 Å². The largest absolute Gasteiger partial charge is 0.478 e. The van der Waals surface area contributed by atoms with Gasteiger partial charge in [-0.1, -0.05) is 24.3 Å². The van der Waals surface area contributed by atoms with Gasteiger partial charge >= 0.3 is 5.97 Å².